The molecule has 0 amide bonds. The maximum Gasteiger partial charge on any atom is 0.129 e. The molecule has 0 aliphatic carbocycles. The van der Waals surface area contributed by atoms with Gasteiger partial charge in [0, 0.05) is 48.0 Å². The van der Waals surface area contributed by atoms with E-state index in [1.54, 1.807) is 6.07 Å². The van der Waals surface area contributed by atoms with Gasteiger partial charge in [0.1, 0.15) is 23.9 Å². The standard InChI is InChI=1S/C11H15N.2C11H14O.C10H11FO.C10H12O2.C10H12O/c1-9-7-8-12(2)11-6-4-3-5-10(9)11;1-11(2)8-12-7-9-5-3-4-6-10(9)11;1-11(2)7-8-12-10-6-4-3-5-9(10)11;1-7-5-12-6-9-8(7)3-2-4-10(9)11;1-7-8-4-2-3-5-10(8)12-6-9(7)11;1-8-6-11-7-9-4-2-3-5-10(8)9/h3-6,9H,7-8H2,1-2H3;2*3-6H,7-8H2,1-2H3;2-4,7H,5-6H2,1H3;2-5,7,9,11H,6H2,1H3;2-5,8H,6-7H2,1H3/t;;;;7?,9-;/m....1./s1. The van der Waals surface area contributed by atoms with Gasteiger partial charge in [0.2, 0.25) is 0 Å². The summed E-state index contributed by atoms with van der Waals surface area (Å²) in [5.41, 5.74) is 13.3. The largest absolute Gasteiger partial charge is 0.493 e. The first-order valence-corrected chi connectivity index (χ1v) is 25.7. The summed E-state index contributed by atoms with van der Waals surface area (Å²) in [6.07, 6.45) is 2.04. The summed E-state index contributed by atoms with van der Waals surface area (Å²) < 4.78 is 40.2. The predicted octanol–water partition coefficient (Wildman–Crippen LogP) is 14.2. The van der Waals surface area contributed by atoms with Gasteiger partial charge in [-0.1, -0.05) is 171 Å². The molecule has 8 heteroatoms. The Morgan fingerprint density at radius 1 is 0.535 bits per heavy atom. The Hall–Kier alpha value is -5.51. The molecule has 5 atom stereocenters. The lowest BCUT2D eigenvalue weighted by Crippen LogP contribution is -2.30. The lowest BCUT2D eigenvalue weighted by molar-refractivity contribution is 0.0642. The Morgan fingerprint density at radius 3 is 1.80 bits per heavy atom. The second kappa shape index (κ2) is 24.7. The molecule has 6 aliphatic heterocycles. The van der Waals surface area contributed by atoms with E-state index in [1.165, 1.54) is 58.1 Å². The van der Waals surface area contributed by atoms with Crippen molar-refractivity contribution in [3.8, 4) is 11.5 Å². The first kappa shape index (κ1) is 53.3. The first-order valence-electron chi connectivity index (χ1n) is 25.7. The Morgan fingerprint density at radius 2 is 1.11 bits per heavy atom. The first-order chi connectivity index (χ1) is 34.1. The summed E-state index contributed by atoms with van der Waals surface area (Å²) in [6.45, 7) is 24.5. The zero-order valence-electron chi connectivity index (χ0n) is 43.8. The van der Waals surface area contributed by atoms with E-state index in [4.69, 9.17) is 23.7 Å². The topological polar surface area (TPSA) is 69.6 Å². The molecule has 6 aliphatic rings. The van der Waals surface area contributed by atoms with Gasteiger partial charge in [0.25, 0.3) is 0 Å². The molecule has 1 N–H and O–H groups in total. The van der Waals surface area contributed by atoms with Gasteiger partial charge >= 0.3 is 0 Å². The van der Waals surface area contributed by atoms with E-state index >= 15 is 0 Å². The zero-order valence-corrected chi connectivity index (χ0v) is 43.8. The van der Waals surface area contributed by atoms with Crippen LogP contribution in [-0.2, 0) is 44.9 Å². The number of rotatable bonds is 0. The lowest BCUT2D eigenvalue weighted by Gasteiger charge is -2.32. The summed E-state index contributed by atoms with van der Waals surface area (Å²) in [5, 5.41) is 9.50. The number of hydrogen-bond acceptors (Lipinski definition) is 7. The van der Waals surface area contributed by atoms with Crippen LogP contribution >= 0.6 is 0 Å². The number of nitrogens with zero attached hydrogens (tertiary/aromatic N) is 1. The number of aliphatic hydroxyl groups is 1. The third-order valence-electron chi connectivity index (χ3n) is 14.8. The minimum atomic E-state index is -0.361. The molecule has 6 aromatic rings. The molecule has 12 rings (SSSR count). The number of anilines is 1. The maximum atomic E-state index is 13.2. The Labute approximate surface area is 424 Å². The van der Waals surface area contributed by atoms with Crippen LogP contribution < -0.4 is 14.4 Å². The molecule has 0 fully saturated rings. The van der Waals surface area contributed by atoms with Crippen molar-refractivity contribution in [1.82, 2.24) is 0 Å². The highest BCUT2D eigenvalue weighted by Gasteiger charge is 2.29. The van der Waals surface area contributed by atoms with E-state index in [2.05, 4.69) is 151 Å². The quantitative estimate of drug-likeness (QED) is 0.163. The minimum absolute atomic E-state index is 0.140. The maximum absolute atomic E-state index is 13.2. The molecule has 0 saturated heterocycles. The average Bonchev–Trinajstić information content (AvgIpc) is 3.38. The molecule has 6 aromatic carbocycles. The average molecular weight is 964 g/mol. The van der Waals surface area contributed by atoms with Crippen LogP contribution in [-0.4, -0.2) is 57.8 Å². The molecule has 6 heterocycles. The SMILES string of the molecule is CC1(C)CCOc2ccccc21.CC1(C)COCc2ccccc21.CC1CCN(C)c2ccccc21.CC1COCc2c(F)cccc21.CC1COCc2ccccc21.CC1c2ccccc2OC[C@H]1O. The van der Waals surface area contributed by atoms with Crippen LogP contribution in [0.1, 0.15) is 142 Å². The fraction of sp³-hybridized carbons (Fsp3) is 0.429. The molecular formula is C63H78FNO6. The molecule has 0 saturated carbocycles. The van der Waals surface area contributed by atoms with Crippen LogP contribution in [0.15, 0.2) is 140 Å². The number of halogens is 1. The van der Waals surface area contributed by atoms with E-state index in [1.807, 2.05) is 43.3 Å². The lowest BCUT2D eigenvalue weighted by atomic mass is 9.80. The number of hydrogen-bond donors (Lipinski definition) is 1. The van der Waals surface area contributed by atoms with Crippen LogP contribution in [0.3, 0.4) is 0 Å². The van der Waals surface area contributed by atoms with Gasteiger partial charge in [0.05, 0.1) is 52.4 Å². The van der Waals surface area contributed by atoms with Gasteiger partial charge in [-0.25, -0.2) is 4.39 Å². The Kier molecular flexibility index (Phi) is 18.6. The monoisotopic (exact) mass is 964 g/mol. The number of para-hydroxylation sites is 3. The fourth-order valence-corrected chi connectivity index (χ4v) is 10.1. The third kappa shape index (κ3) is 13.7. The van der Waals surface area contributed by atoms with Gasteiger partial charge in [-0.2, -0.15) is 0 Å². The van der Waals surface area contributed by atoms with Crippen LogP contribution in [0.4, 0.5) is 10.1 Å². The third-order valence-corrected chi connectivity index (χ3v) is 14.8. The smallest absolute Gasteiger partial charge is 0.129 e. The van der Waals surface area contributed by atoms with E-state index < -0.39 is 0 Å². The zero-order chi connectivity index (χ0) is 50.5. The van der Waals surface area contributed by atoms with Crippen LogP contribution in [0.25, 0.3) is 0 Å². The van der Waals surface area contributed by atoms with Gasteiger partial charge in [-0.3, -0.25) is 0 Å². The summed E-state index contributed by atoms with van der Waals surface area (Å²) >= 11 is 0. The molecule has 0 bridgehead atoms. The Balaban J connectivity index is 0.000000125. The molecule has 7 nitrogen and oxygen atoms in total. The van der Waals surface area contributed by atoms with Crippen LogP contribution in [0.2, 0.25) is 0 Å². The second-order valence-electron chi connectivity index (χ2n) is 21.2. The van der Waals surface area contributed by atoms with E-state index in [0.717, 1.165) is 73.6 Å². The van der Waals surface area contributed by atoms with Crippen molar-refractivity contribution in [1.29, 1.82) is 0 Å². The molecule has 71 heavy (non-hydrogen) atoms. The highest BCUT2D eigenvalue weighted by molar-refractivity contribution is 5.56. The fourth-order valence-electron chi connectivity index (χ4n) is 10.1. The van der Waals surface area contributed by atoms with Crippen molar-refractivity contribution >= 4 is 5.69 Å². The van der Waals surface area contributed by atoms with Crippen LogP contribution in [0.5, 0.6) is 11.5 Å². The minimum Gasteiger partial charge on any atom is -0.493 e. The van der Waals surface area contributed by atoms with E-state index in [0.29, 0.717) is 31.7 Å². The molecule has 0 spiro atoms. The molecular weight excluding hydrogens is 886 g/mol. The van der Waals surface area contributed by atoms with Crippen molar-refractivity contribution in [3.05, 3.63) is 195 Å². The molecule has 4 unspecified atom stereocenters. The van der Waals surface area contributed by atoms with Crippen molar-refractivity contribution < 1.29 is 33.2 Å². The van der Waals surface area contributed by atoms with Gasteiger partial charge < -0.3 is 33.7 Å². The summed E-state index contributed by atoms with van der Waals surface area (Å²) in [7, 11) is 2.17. The molecule has 0 radical (unpaired) electrons. The summed E-state index contributed by atoms with van der Waals surface area (Å²) in [5.74, 6) is 3.65. The highest BCUT2D eigenvalue weighted by Crippen LogP contribution is 2.38. The number of ether oxygens (including phenoxy) is 5. The van der Waals surface area contributed by atoms with E-state index in [-0.39, 0.29) is 28.7 Å². The van der Waals surface area contributed by atoms with Gasteiger partial charge in [-0.15, -0.1) is 0 Å². The highest BCUT2D eigenvalue weighted by atomic mass is 19.1. The van der Waals surface area contributed by atoms with Crippen LogP contribution in [0, 0.1) is 5.82 Å². The Bertz CT molecular complexity index is 2540. The van der Waals surface area contributed by atoms with Crippen molar-refractivity contribution in [2.45, 2.75) is 129 Å². The predicted molar refractivity (Wildman–Crippen MR) is 287 cm³/mol. The van der Waals surface area contributed by atoms with Gasteiger partial charge in [0.15, 0.2) is 0 Å². The summed E-state index contributed by atoms with van der Waals surface area (Å²) in [4.78, 5) is 2.34. The number of benzene rings is 6. The number of aliphatic hydroxyl groups excluding tert-OH is 1. The van der Waals surface area contributed by atoms with Crippen molar-refractivity contribution in [3.63, 3.8) is 0 Å². The second-order valence-corrected chi connectivity index (χ2v) is 21.2. The number of fused-ring (bicyclic) bond motifs is 6. The van der Waals surface area contributed by atoms with E-state index in [9.17, 15) is 9.50 Å². The van der Waals surface area contributed by atoms with Crippen molar-refractivity contribution in [2.75, 3.05) is 51.5 Å². The van der Waals surface area contributed by atoms with Crippen molar-refractivity contribution in [2.24, 2.45) is 0 Å². The summed E-state index contributed by atoms with van der Waals surface area (Å²) in [6, 6.07) is 47.2. The van der Waals surface area contributed by atoms with Gasteiger partial charge in [-0.05, 0) is 92.9 Å². The molecule has 378 valence electrons. The normalized spacial score (nSPS) is 22.4. The molecule has 0 aromatic heterocycles.